The number of benzene rings is 1. The summed E-state index contributed by atoms with van der Waals surface area (Å²) in [4.78, 5) is 2.64. The Morgan fingerprint density at radius 3 is 2.37 bits per heavy atom. The molecule has 1 heterocycles. The average molecular weight is 257 g/mol. The van der Waals surface area contributed by atoms with E-state index in [1.807, 2.05) is 0 Å². The maximum atomic E-state index is 2.64. The molecular weight excluding hydrogens is 230 g/mol. The summed E-state index contributed by atoms with van der Waals surface area (Å²) in [6.07, 6.45) is 2.77. The van der Waals surface area contributed by atoms with E-state index in [2.05, 4.69) is 57.7 Å². The van der Waals surface area contributed by atoms with Crippen LogP contribution < -0.4 is 0 Å². The zero-order valence-electron chi connectivity index (χ0n) is 13.1. The summed E-state index contributed by atoms with van der Waals surface area (Å²) in [7, 11) is 0. The monoisotopic (exact) mass is 257 g/mol. The summed E-state index contributed by atoms with van der Waals surface area (Å²) in [5.41, 5.74) is 5.50. The molecule has 0 radical (unpaired) electrons. The lowest BCUT2D eigenvalue weighted by molar-refractivity contribution is 0.176. The van der Waals surface area contributed by atoms with Crippen molar-refractivity contribution < 1.29 is 0 Å². The van der Waals surface area contributed by atoms with E-state index in [0.717, 1.165) is 6.54 Å². The third-order valence-electron chi connectivity index (χ3n) is 5.01. The summed E-state index contributed by atoms with van der Waals surface area (Å²) >= 11 is 0. The molecule has 104 valence electrons. The van der Waals surface area contributed by atoms with Gasteiger partial charge < -0.3 is 0 Å². The molecule has 2 aliphatic rings. The minimum Gasteiger partial charge on any atom is -0.296 e. The highest BCUT2D eigenvalue weighted by Gasteiger charge is 2.49. The molecule has 1 heteroatoms. The van der Waals surface area contributed by atoms with Crippen LogP contribution in [0.5, 0.6) is 0 Å². The zero-order valence-corrected chi connectivity index (χ0v) is 13.1. The predicted octanol–water partition coefficient (Wildman–Crippen LogP) is 4.24. The summed E-state index contributed by atoms with van der Waals surface area (Å²) in [5.74, 6) is 0. The molecular formula is C18H27N. The molecule has 1 aromatic carbocycles. The van der Waals surface area contributed by atoms with E-state index in [0.29, 0.717) is 11.5 Å². The van der Waals surface area contributed by atoms with Crippen LogP contribution in [0.2, 0.25) is 0 Å². The molecule has 1 spiro atoms. The molecule has 1 aliphatic carbocycles. The third-order valence-corrected chi connectivity index (χ3v) is 5.01. The van der Waals surface area contributed by atoms with Gasteiger partial charge in [0.25, 0.3) is 0 Å². The molecule has 0 N–H and O–H groups in total. The normalized spacial score (nSPS) is 21.8. The van der Waals surface area contributed by atoms with Gasteiger partial charge in [0, 0.05) is 24.5 Å². The number of fused-ring (bicyclic) bond motifs is 2. The first-order valence-electron chi connectivity index (χ1n) is 7.70. The number of rotatable bonds is 1. The van der Waals surface area contributed by atoms with Gasteiger partial charge in [-0.05, 0) is 48.8 Å². The second-order valence-electron chi connectivity index (χ2n) is 7.90. The minimum absolute atomic E-state index is 0.264. The van der Waals surface area contributed by atoms with E-state index in [4.69, 9.17) is 0 Å². The van der Waals surface area contributed by atoms with Gasteiger partial charge in [0.2, 0.25) is 0 Å². The first kappa shape index (κ1) is 13.2. The second kappa shape index (κ2) is 4.09. The number of nitrogens with zero attached hydrogens (tertiary/aromatic N) is 1. The van der Waals surface area contributed by atoms with E-state index in [1.165, 1.54) is 24.9 Å². The van der Waals surface area contributed by atoms with Crippen molar-refractivity contribution in [3.05, 3.63) is 34.9 Å². The molecule has 0 amide bonds. The molecule has 0 aromatic heterocycles. The topological polar surface area (TPSA) is 3.24 Å². The Bertz CT molecular complexity index is 489. The molecule has 1 nitrogen and oxygen atoms in total. The maximum Gasteiger partial charge on any atom is 0.0239 e. The highest BCUT2D eigenvalue weighted by molar-refractivity contribution is 5.45. The Morgan fingerprint density at radius 1 is 1.16 bits per heavy atom. The fourth-order valence-corrected chi connectivity index (χ4v) is 3.37. The van der Waals surface area contributed by atoms with Gasteiger partial charge >= 0.3 is 0 Å². The van der Waals surface area contributed by atoms with Crippen molar-refractivity contribution in [1.29, 1.82) is 0 Å². The Morgan fingerprint density at radius 2 is 1.84 bits per heavy atom. The highest BCUT2D eigenvalue weighted by atomic mass is 15.2. The van der Waals surface area contributed by atoms with Crippen LogP contribution in [0, 0.1) is 0 Å². The first-order valence-corrected chi connectivity index (χ1v) is 7.70. The summed E-state index contributed by atoms with van der Waals surface area (Å²) in [5, 5.41) is 0. The predicted molar refractivity (Wildman–Crippen MR) is 81.6 cm³/mol. The van der Waals surface area contributed by atoms with Gasteiger partial charge in [0.1, 0.15) is 0 Å². The largest absolute Gasteiger partial charge is 0.296 e. The van der Waals surface area contributed by atoms with Crippen LogP contribution in [-0.4, -0.2) is 17.5 Å². The van der Waals surface area contributed by atoms with Gasteiger partial charge in [-0.25, -0.2) is 0 Å². The van der Waals surface area contributed by atoms with Crippen LogP contribution in [0.15, 0.2) is 18.2 Å². The maximum absolute atomic E-state index is 2.64. The van der Waals surface area contributed by atoms with Crippen LogP contribution in [0.3, 0.4) is 0 Å². The number of hydrogen-bond donors (Lipinski definition) is 0. The standard InChI is InChI=1S/C18H27N/c1-13(2)19-11-14-6-7-15(17(3,4)5)10-16(14)18(12-19)8-9-18/h6-7,10,13H,8-9,11-12H2,1-5H3. The van der Waals surface area contributed by atoms with Crippen LogP contribution in [0.1, 0.15) is 64.2 Å². The lowest BCUT2D eigenvalue weighted by atomic mass is 9.80. The van der Waals surface area contributed by atoms with Crippen molar-refractivity contribution >= 4 is 0 Å². The zero-order chi connectivity index (χ0) is 13.8. The number of hydrogen-bond acceptors (Lipinski definition) is 1. The summed E-state index contributed by atoms with van der Waals surface area (Å²) in [6, 6.07) is 7.91. The van der Waals surface area contributed by atoms with Crippen LogP contribution >= 0.6 is 0 Å². The first-order chi connectivity index (χ1) is 8.82. The van der Waals surface area contributed by atoms with Crippen molar-refractivity contribution in [2.24, 2.45) is 0 Å². The Hall–Kier alpha value is -0.820. The van der Waals surface area contributed by atoms with Gasteiger partial charge in [-0.3, -0.25) is 4.90 Å². The smallest absolute Gasteiger partial charge is 0.0239 e. The van der Waals surface area contributed by atoms with Crippen LogP contribution in [-0.2, 0) is 17.4 Å². The molecule has 1 fully saturated rings. The fraction of sp³-hybridized carbons (Fsp3) is 0.667. The molecule has 3 rings (SSSR count). The lowest BCUT2D eigenvalue weighted by Gasteiger charge is -2.38. The van der Waals surface area contributed by atoms with Crippen molar-refractivity contribution in [1.82, 2.24) is 4.90 Å². The van der Waals surface area contributed by atoms with E-state index in [-0.39, 0.29) is 5.41 Å². The quantitative estimate of drug-likeness (QED) is 0.727. The van der Waals surface area contributed by atoms with E-state index in [1.54, 1.807) is 11.1 Å². The Balaban J connectivity index is 2.02. The van der Waals surface area contributed by atoms with Gasteiger partial charge in [-0.15, -0.1) is 0 Å². The van der Waals surface area contributed by atoms with E-state index in [9.17, 15) is 0 Å². The van der Waals surface area contributed by atoms with Crippen molar-refractivity contribution in [3.63, 3.8) is 0 Å². The molecule has 19 heavy (non-hydrogen) atoms. The second-order valence-corrected chi connectivity index (χ2v) is 7.90. The van der Waals surface area contributed by atoms with Gasteiger partial charge in [-0.2, -0.15) is 0 Å². The van der Waals surface area contributed by atoms with E-state index >= 15 is 0 Å². The fourth-order valence-electron chi connectivity index (χ4n) is 3.37. The minimum atomic E-state index is 0.264. The molecule has 1 saturated carbocycles. The third kappa shape index (κ3) is 2.23. The summed E-state index contributed by atoms with van der Waals surface area (Å²) in [6.45, 7) is 14.0. The van der Waals surface area contributed by atoms with Crippen molar-refractivity contribution in [2.45, 2.75) is 70.9 Å². The Labute approximate surface area is 118 Å². The van der Waals surface area contributed by atoms with E-state index < -0.39 is 0 Å². The van der Waals surface area contributed by atoms with Crippen LogP contribution in [0.4, 0.5) is 0 Å². The highest BCUT2D eigenvalue weighted by Crippen LogP contribution is 2.53. The van der Waals surface area contributed by atoms with Crippen molar-refractivity contribution in [3.8, 4) is 0 Å². The molecule has 0 saturated heterocycles. The molecule has 0 unspecified atom stereocenters. The SMILES string of the molecule is CC(C)N1Cc2ccc(C(C)(C)C)cc2C2(CC2)C1. The van der Waals surface area contributed by atoms with Gasteiger partial charge in [0.15, 0.2) is 0 Å². The van der Waals surface area contributed by atoms with Gasteiger partial charge in [0.05, 0.1) is 0 Å². The molecule has 0 bridgehead atoms. The molecule has 0 atom stereocenters. The van der Waals surface area contributed by atoms with Crippen LogP contribution in [0.25, 0.3) is 0 Å². The molecule has 1 aromatic rings. The average Bonchev–Trinajstić information content (AvgIpc) is 3.07. The van der Waals surface area contributed by atoms with Crippen molar-refractivity contribution in [2.75, 3.05) is 6.54 Å². The Kier molecular flexibility index (Phi) is 2.83. The lowest BCUT2D eigenvalue weighted by Crippen LogP contribution is -2.41. The van der Waals surface area contributed by atoms with Gasteiger partial charge in [-0.1, -0.05) is 39.0 Å². The molecule has 1 aliphatic heterocycles. The summed E-state index contributed by atoms with van der Waals surface area (Å²) < 4.78 is 0.